The molecular formula is C18H17BrFN3O2S. The number of halogens is 2. The van der Waals surface area contributed by atoms with Gasteiger partial charge in [0.2, 0.25) is 10.0 Å². The summed E-state index contributed by atoms with van der Waals surface area (Å²) in [6.07, 6.45) is 3.43. The first-order chi connectivity index (χ1) is 12.3. The van der Waals surface area contributed by atoms with Crippen LogP contribution in [0.4, 0.5) is 4.39 Å². The molecule has 0 aliphatic heterocycles. The van der Waals surface area contributed by atoms with Gasteiger partial charge in [-0.1, -0.05) is 46.3 Å². The largest absolute Gasteiger partial charge is 0.275 e. The summed E-state index contributed by atoms with van der Waals surface area (Å²) in [6.45, 7) is -0.105. The van der Waals surface area contributed by atoms with Gasteiger partial charge < -0.3 is 0 Å². The minimum atomic E-state index is -3.59. The van der Waals surface area contributed by atoms with E-state index in [1.807, 2.05) is 6.07 Å². The summed E-state index contributed by atoms with van der Waals surface area (Å²) < 4.78 is 43.7. The molecule has 1 heterocycles. The number of aromatic nitrogens is 2. The monoisotopic (exact) mass is 437 g/mol. The van der Waals surface area contributed by atoms with Crippen LogP contribution in [-0.2, 0) is 29.4 Å². The van der Waals surface area contributed by atoms with Gasteiger partial charge in [-0.3, -0.25) is 4.68 Å². The molecule has 2 aromatic carbocycles. The van der Waals surface area contributed by atoms with E-state index in [4.69, 9.17) is 0 Å². The number of rotatable bonds is 6. The first-order valence-corrected chi connectivity index (χ1v) is 10.3. The van der Waals surface area contributed by atoms with Gasteiger partial charge in [-0.15, -0.1) is 0 Å². The third-order valence-electron chi connectivity index (χ3n) is 3.88. The highest BCUT2D eigenvalue weighted by Gasteiger charge is 2.15. The summed E-state index contributed by atoms with van der Waals surface area (Å²) in [5.74, 6) is -0.640. The number of hydrogen-bond donors (Lipinski definition) is 1. The highest BCUT2D eigenvalue weighted by molar-refractivity contribution is 9.10. The maximum atomic E-state index is 14.3. The van der Waals surface area contributed by atoms with E-state index in [1.54, 1.807) is 54.5 Å². The molecule has 26 heavy (non-hydrogen) atoms. The minimum absolute atomic E-state index is 0.105. The normalized spacial score (nSPS) is 11.7. The molecule has 0 saturated heterocycles. The summed E-state index contributed by atoms with van der Waals surface area (Å²) in [6, 6.07) is 11.8. The Morgan fingerprint density at radius 1 is 1.15 bits per heavy atom. The fourth-order valence-corrected chi connectivity index (χ4v) is 4.25. The highest BCUT2D eigenvalue weighted by Crippen LogP contribution is 2.22. The van der Waals surface area contributed by atoms with Gasteiger partial charge in [-0.25, -0.2) is 17.5 Å². The van der Waals surface area contributed by atoms with Crippen molar-refractivity contribution in [2.24, 2.45) is 7.05 Å². The number of hydrogen-bond acceptors (Lipinski definition) is 3. The van der Waals surface area contributed by atoms with Gasteiger partial charge in [0.05, 0.1) is 11.9 Å². The van der Waals surface area contributed by atoms with Crippen LogP contribution in [0.2, 0.25) is 0 Å². The van der Waals surface area contributed by atoms with Gasteiger partial charge in [0, 0.05) is 35.4 Å². The molecule has 0 aliphatic rings. The Morgan fingerprint density at radius 2 is 1.92 bits per heavy atom. The lowest BCUT2D eigenvalue weighted by molar-refractivity contribution is 0.573. The summed E-state index contributed by atoms with van der Waals surface area (Å²) in [4.78, 5) is 0. The third-order valence-corrected chi connectivity index (χ3v) is 5.93. The van der Waals surface area contributed by atoms with E-state index in [2.05, 4.69) is 25.8 Å². The first kappa shape index (κ1) is 18.8. The fourth-order valence-electron chi connectivity index (χ4n) is 2.50. The lowest BCUT2D eigenvalue weighted by atomic mass is 10.1. The van der Waals surface area contributed by atoms with Crippen LogP contribution in [0.25, 0.3) is 11.1 Å². The van der Waals surface area contributed by atoms with Gasteiger partial charge in [-0.05, 0) is 23.3 Å². The smallest absolute Gasteiger partial charge is 0.216 e. The SMILES string of the molecule is Cn1cc(-c2ccc(CNS(=O)(=O)Cc3ccccc3Br)c(F)c2)cn1. The summed E-state index contributed by atoms with van der Waals surface area (Å²) >= 11 is 3.33. The van der Waals surface area contributed by atoms with Crippen LogP contribution in [0, 0.1) is 5.82 Å². The van der Waals surface area contributed by atoms with Gasteiger partial charge in [0.15, 0.2) is 0 Å². The zero-order valence-corrected chi connectivity index (χ0v) is 16.4. The second-order valence-corrected chi connectivity index (χ2v) is 8.54. The van der Waals surface area contributed by atoms with E-state index in [0.717, 1.165) is 10.0 Å². The number of nitrogens with one attached hydrogen (secondary N) is 1. The van der Waals surface area contributed by atoms with Crippen molar-refractivity contribution in [1.82, 2.24) is 14.5 Å². The van der Waals surface area contributed by atoms with Crippen molar-refractivity contribution >= 4 is 26.0 Å². The van der Waals surface area contributed by atoms with Gasteiger partial charge in [0.25, 0.3) is 0 Å². The van der Waals surface area contributed by atoms with Crippen molar-refractivity contribution in [2.45, 2.75) is 12.3 Å². The second-order valence-electron chi connectivity index (χ2n) is 5.88. The Bertz CT molecular complexity index is 1030. The van der Waals surface area contributed by atoms with Crippen LogP contribution < -0.4 is 4.72 Å². The lowest BCUT2D eigenvalue weighted by Crippen LogP contribution is -2.25. The van der Waals surface area contributed by atoms with Crippen LogP contribution in [0.3, 0.4) is 0 Å². The minimum Gasteiger partial charge on any atom is -0.275 e. The number of benzene rings is 2. The van der Waals surface area contributed by atoms with E-state index in [1.165, 1.54) is 6.07 Å². The second kappa shape index (κ2) is 7.69. The van der Waals surface area contributed by atoms with Crippen LogP contribution in [0.1, 0.15) is 11.1 Å². The molecule has 5 nitrogen and oxygen atoms in total. The van der Waals surface area contributed by atoms with Crippen molar-refractivity contribution in [2.75, 3.05) is 0 Å². The molecule has 0 radical (unpaired) electrons. The number of sulfonamides is 1. The lowest BCUT2D eigenvalue weighted by Gasteiger charge is -2.09. The summed E-state index contributed by atoms with van der Waals surface area (Å²) in [5.41, 5.74) is 2.42. The first-order valence-electron chi connectivity index (χ1n) is 7.82. The average molecular weight is 438 g/mol. The van der Waals surface area contributed by atoms with Gasteiger partial charge >= 0.3 is 0 Å². The Labute approximate surface area is 160 Å². The van der Waals surface area contributed by atoms with Gasteiger partial charge in [0.1, 0.15) is 5.82 Å². The Morgan fingerprint density at radius 3 is 2.58 bits per heavy atom. The molecule has 0 saturated carbocycles. The van der Waals surface area contributed by atoms with Crippen LogP contribution in [0.15, 0.2) is 59.3 Å². The number of nitrogens with zero attached hydrogens (tertiary/aromatic N) is 2. The van der Waals surface area contributed by atoms with Gasteiger partial charge in [-0.2, -0.15) is 5.10 Å². The van der Waals surface area contributed by atoms with Crippen molar-refractivity contribution in [3.8, 4) is 11.1 Å². The standard InChI is InChI=1S/C18H17BrFN3O2S/c1-23-11-16(9-21-23)13-6-7-14(18(20)8-13)10-22-26(24,25)12-15-4-2-3-5-17(15)19/h2-9,11,22H,10,12H2,1H3. The zero-order valence-electron chi connectivity index (χ0n) is 14.0. The molecule has 0 atom stereocenters. The highest BCUT2D eigenvalue weighted by atomic mass is 79.9. The topological polar surface area (TPSA) is 64.0 Å². The molecule has 0 bridgehead atoms. The Kier molecular flexibility index (Phi) is 5.55. The van der Waals surface area contributed by atoms with Crippen LogP contribution in [-0.4, -0.2) is 18.2 Å². The van der Waals surface area contributed by atoms with E-state index >= 15 is 0 Å². The molecule has 0 unspecified atom stereocenters. The number of aryl methyl sites for hydroxylation is 1. The Hall–Kier alpha value is -2.03. The maximum Gasteiger partial charge on any atom is 0.216 e. The third kappa shape index (κ3) is 4.57. The molecule has 136 valence electrons. The van der Waals surface area contributed by atoms with Crippen molar-refractivity contribution < 1.29 is 12.8 Å². The molecule has 8 heteroatoms. The molecule has 1 aromatic heterocycles. The molecule has 0 amide bonds. The molecule has 3 rings (SSSR count). The molecule has 3 aromatic rings. The molecule has 0 aliphatic carbocycles. The van der Waals surface area contributed by atoms with E-state index < -0.39 is 15.8 Å². The van der Waals surface area contributed by atoms with E-state index in [0.29, 0.717) is 11.1 Å². The van der Waals surface area contributed by atoms with E-state index in [-0.39, 0.29) is 17.9 Å². The predicted molar refractivity (Wildman–Crippen MR) is 102 cm³/mol. The molecule has 1 N–H and O–H groups in total. The zero-order chi connectivity index (χ0) is 18.7. The average Bonchev–Trinajstić information content (AvgIpc) is 3.02. The maximum absolute atomic E-state index is 14.3. The van der Waals surface area contributed by atoms with E-state index in [9.17, 15) is 12.8 Å². The van der Waals surface area contributed by atoms with Crippen molar-refractivity contribution in [1.29, 1.82) is 0 Å². The van der Waals surface area contributed by atoms with Crippen molar-refractivity contribution in [3.05, 3.63) is 76.3 Å². The van der Waals surface area contributed by atoms with Crippen LogP contribution >= 0.6 is 15.9 Å². The molecular weight excluding hydrogens is 421 g/mol. The predicted octanol–water partition coefficient (Wildman–Crippen LogP) is 3.61. The summed E-state index contributed by atoms with van der Waals surface area (Å²) in [7, 11) is -1.81. The van der Waals surface area contributed by atoms with Crippen molar-refractivity contribution in [3.63, 3.8) is 0 Å². The molecule has 0 fully saturated rings. The fraction of sp³-hybridized carbons (Fsp3) is 0.167. The van der Waals surface area contributed by atoms with Crippen LogP contribution in [0.5, 0.6) is 0 Å². The molecule has 0 spiro atoms. The quantitative estimate of drug-likeness (QED) is 0.640. The summed E-state index contributed by atoms with van der Waals surface area (Å²) in [5, 5.41) is 4.06. The Balaban J connectivity index is 1.70.